The highest BCUT2D eigenvalue weighted by Crippen LogP contribution is 2.24. The summed E-state index contributed by atoms with van der Waals surface area (Å²) in [6.07, 6.45) is 3.16. The molecular weight excluding hydrogens is 312 g/mol. The molecule has 0 saturated carbocycles. The summed E-state index contributed by atoms with van der Waals surface area (Å²) in [5.41, 5.74) is 5.68. The van der Waals surface area contributed by atoms with Crippen molar-refractivity contribution in [3.05, 3.63) is 17.9 Å². The van der Waals surface area contributed by atoms with Gasteiger partial charge in [-0.15, -0.1) is 11.3 Å². The first-order chi connectivity index (χ1) is 10.00. The Hall–Kier alpha value is -1.65. The van der Waals surface area contributed by atoms with Crippen LogP contribution in [0.5, 0.6) is 0 Å². The number of nitrogens with two attached hydrogens (primary N) is 1. The van der Waals surface area contributed by atoms with E-state index in [1.807, 2.05) is 5.38 Å². The van der Waals surface area contributed by atoms with Gasteiger partial charge in [0.1, 0.15) is 0 Å². The van der Waals surface area contributed by atoms with Gasteiger partial charge >= 0.3 is 0 Å². The van der Waals surface area contributed by atoms with Crippen molar-refractivity contribution < 1.29 is 8.42 Å². The second-order valence-corrected chi connectivity index (χ2v) is 7.48. The zero-order valence-corrected chi connectivity index (χ0v) is 13.1. The van der Waals surface area contributed by atoms with Gasteiger partial charge in [-0.1, -0.05) is 0 Å². The normalized spacial score (nSPS) is 17.3. The molecule has 0 bridgehead atoms. The molecule has 3 rings (SSSR count). The fraction of sp³-hybridized carbons (Fsp3) is 0.455. The summed E-state index contributed by atoms with van der Waals surface area (Å²) in [6.45, 7) is 2.05. The summed E-state index contributed by atoms with van der Waals surface area (Å²) < 4.78 is 28.2. The predicted octanol–water partition coefficient (Wildman–Crippen LogP) is -0.0303. The Labute approximate surface area is 126 Å². The molecule has 1 aliphatic rings. The largest absolute Gasteiger partial charge is 0.381 e. The molecule has 0 radical (unpaired) electrons. The molecule has 114 valence electrons. The number of thiazole rings is 1. The lowest BCUT2D eigenvalue weighted by Crippen LogP contribution is -2.49. The average Bonchev–Trinajstić information content (AvgIpc) is 3.09. The molecule has 1 saturated heterocycles. The van der Waals surface area contributed by atoms with E-state index in [0.717, 1.165) is 5.13 Å². The third kappa shape index (κ3) is 2.49. The van der Waals surface area contributed by atoms with Crippen LogP contribution in [0, 0.1) is 0 Å². The molecule has 8 nitrogen and oxygen atoms in total. The number of aromatic nitrogens is 3. The fourth-order valence-corrected chi connectivity index (χ4v) is 4.68. The number of imidazole rings is 1. The van der Waals surface area contributed by atoms with Gasteiger partial charge in [-0.25, -0.2) is 18.4 Å². The van der Waals surface area contributed by atoms with Crippen molar-refractivity contribution in [2.45, 2.75) is 5.03 Å². The first-order valence-electron chi connectivity index (χ1n) is 6.41. The van der Waals surface area contributed by atoms with E-state index < -0.39 is 10.0 Å². The zero-order valence-electron chi connectivity index (χ0n) is 11.5. The van der Waals surface area contributed by atoms with Gasteiger partial charge in [0.15, 0.2) is 16.0 Å². The maximum Gasteiger partial charge on any atom is 0.262 e. The number of rotatable bonds is 3. The van der Waals surface area contributed by atoms with E-state index in [1.54, 1.807) is 24.6 Å². The van der Waals surface area contributed by atoms with Crippen LogP contribution in [0.15, 0.2) is 22.9 Å². The van der Waals surface area contributed by atoms with Crippen molar-refractivity contribution in [1.82, 2.24) is 18.8 Å². The van der Waals surface area contributed by atoms with E-state index in [1.165, 1.54) is 15.2 Å². The monoisotopic (exact) mass is 328 g/mol. The summed E-state index contributed by atoms with van der Waals surface area (Å²) in [5.74, 6) is 0.0415. The van der Waals surface area contributed by atoms with Gasteiger partial charge in [-0.05, 0) is 0 Å². The van der Waals surface area contributed by atoms with Crippen LogP contribution in [-0.4, -0.2) is 53.4 Å². The zero-order chi connectivity index (χ0) is 15.0. The molecule has 0 unspecified atom stereocenters. The Morgan fingerprint density at radius 2 is 1.95 bits per heavy atom. The van der Waals surface area contributed by atoms with Crippen molar-refractivity contribution in [3.8, 4) is 0 Å². The smallest absolute Gasteiger partial charge is 0.262 e. The number of sulfonamides is 1. The van der Waals surface area contributed by atoms with Crippen LogP contribution in [0.3, 0.4) is 0 Å². The minimum atomic E-state index is -3.61. The van der Waals surface area contributed by atoms with Crippen molar-refractivity contribution in [2.75, 3.05) is 36.8 Å². The molecule has 0 spiro atoms. The molecule has 1 aliphatic heterocycles. The van der Waals surface area contributed by atoms with Crippen LogP contribution in [-0.2, 0) is 17.1 Å². The molecule has 0 aromatic carbocycles. The van der Waals surface area contributed by atoms with Crippen LogP contribution in [0.2, 0.25) is 0 Å². The van der Waals surface area contributed by atoms with E-state index in [9.17, 15) is 8.42 Å². The topological polar surface area (TPSA) is 97.3 Å². The van der Waals surface area contributed by atoms with Crippen LogP contribution in [0.4, 0.5) is 10.9 Å². The number of nitrogens with zero attached hydrogens (tertiary/aromatic N) is 5. The van der Waals surface area contributed by atoms with Crippen LogP contribution in [0.1, 0.15) is 0 Å². The molecule has 10 heteroatoms. The lowest BCUT2D eigenvalue weighted by atomic mass is 10.4. The van der Waals surface area contributed by atoms with Crippen LogP contribution < -0.4 is 10.6 Å². The van der Waals surface area contributed by atoms with Gasteiger partial charge in [0.2, 0.25) is 0 Å². The number of anilines is 2. The standard InChI is InChI=1S/C11H16N6O2S2/c1-15-8-14-9(12)10(15)21(18,19)17-5-3-16(4-6-17)11-13-2-7-20-11/h2,7-8H,3-6,12H2,1H3. The number of aryl methyl sites for hydroxylation is 1. The van der Waals surface area contributed by atoms with Crippen LogP contribution >= 0.6 is 11.3 Å². The minimum Gasteiger partial charge on any atom is -0.381 e. The maximum atomic E-state index is 12.6. The van der Waals surface area contributed by atoms with Gasteiger partial charge in [-0.2, -0.15) is 4.31 Å². The van der Waals surface area contributed by atoms with Gasteiger partial charge in [-0.3, -0.25) is 0 Å². The molecule has 21 heavy (non-hydrogen) atoms. The second kappa shape index (κ2) is 5.28. The van der Waals surface area contributed by atoms with Crippen molar-refractivity contribution in [3.63, 3.8) is 0 Å². The SMILES string of the molecule is Cn1cnc(N)c1S(=O)(=O)N1CCN(c2nccs2)CC1. The second-order valence-electron chi connectivity index (χ2n) is 4.75. The number of hydrogen-bond donors (Lipinski definition) is 1. The average molecular weight is 328 g/mol. The number of piperazine rings is 1. The van der Waals surface area contributed by atoms with E-state index in [-0.39, 0.29) is 10.8 Å². The summed E-state index contributed by atoms with van der Waals surface area (Å²) in [4.78, 5) is 10.2. The molecule has 0 amide bonds. The minimum absolute atomic E-state index is 0.0415. The Balaban J connectivity index is 1.77. The first kappa shape index (κ1) is 14.3. The summed E-state index contributed by atoms with van der Waals surface area (Å²) in [5, 5.41) is 2.90. The van der Waals surface area contributed by atoms with Crippen LogP contribution in [0.25, 0.3) is 0 Å². The fourth-order valence-electron chi connectivity index (χ4n) is 2.37. The highest BCUT2D eigenvalue weighted by Gasteiger charge is 2.32. The Morgan fingerprint density at radius 3 is 2.48 bits per heavy atom. The number of nitrogen functional groups attached to an aromatic ring is 1. The molecule has 1 fully saturated rings. The van der Waals surface area contributed by atoms with Gasteiger partial charge in [0.25, 0.3) is 10.0 Å². The molecular formula is C11H16N6O2S2. The highest BCUT2D eigenvalue weighted by molar-refractivity contribution is 7.89. The van der Waals surface area contributed by atoms with Gasteiger partial charge < -0.3 is 15.2 Å². The molecule has 0 aliphatic carbocycles. The van der Waals surface area contributed by atoms with E-state index >= 15 is 0 Å². The first-order valence-corrected chi connectivity index (χ1v) is 8.73. The Morgan fingerprint density at radius 1 is 1.24 bits per heavy atom. The molecule has 0 atom stereocenters. The number of hydrogen-bond acceptors (Lipinski definition) is 7. The summed E-state index contributed by atoms with van der Waals surface area (Å²) in [7, 11) is -1.98. The van der Waals surface area contributed by atoms with Crippen molar-refractivity contribution in [2.24, 2.45) is 7.05 Å². The maximum absolute atomic E-state index is 12.6. The lowest BCUT2D eigenvalue weighted by molar-refractivity contribution is 0.382. The van der Waals surface area contributed by atoms with Gasteiger partial charge in [0.05, 0.1) is 6.33 Å². The quantitative estimate of drug-likeness (QED) is 0.850. The highest BCUT2D eigenvalue weighted by atomic mass is 32.2. The van der Waals surface area contributed by atoms with Crippen molar-refractivity contribution in [1.29, 1.82) is 0 Å². The van der Waals surface area contributed by atoms with Crippen molar-refractivity contribution >= 4 is 32.3 Å². The molecule has 2 aromatic rings. The molecule has 2 N–H and O–H groups in total. The van der Waals surface area contributed by atoms with Gasteiger partial charge in [0, 0.05) is 44.8 Å². The molecule has 2 aromatic heterocycles. The third-order valence-corrected chi connectivity index (χ3v) is 6.29. The molecule has 3 heterocycles. The Bertz CT molecular complexity index is 696. The summed E-state index contributed by atoms with van der Waals surface area (Å²) in [6, 6.07) is 0. The van der Waals surface area contributed by atoms with E-state index in [4.69, 9.17) is 5.73 Å². The lowest BCUT2D eigenvalue weighted by Gasteiger charge is -2.33. The predicted molar refractivity (Wildman–Crippen MR) is 80.7 cm³/mol. The summed E-state index contributed by atoms with van der Waals surface area (Å²) >= 11 is 1.55. The third-order valence-electron chi connectivity index (χ3n) is 3.42. The van der Waals surface area contributed by atoms with E-state index in [0.29, 0.717) is 26.2 Å². The Kier molecular flexibility index (Phi) is 3.59. The van der Waals surface area contributed by atoms with E-state index in [2.05, 4.69) is 14.9 Å².